The molecule has 11 rings (SSSR count). The van der Waals surface area contributed by atoms with E-state index in [9.17, 15) is 0 Å². The molecule has 0 aliphatic heterocycles. The largest absolute Gasteiger partial charge is 0.510 e. The molecule has 3 aromatic heterocycles. The summed E-state index contributed by atoms with van der Waals surface area (Å²) >= 11 is 0. The first kappa shape index (κ1) is 27.5. The summed E-state index contributed by atoms with van der Waals surface area (Å²) < 4.78 is 116. The fraction of sp³-hybridized carbons (Fsp3) is 0.0357. The predicted molar refractivity (Wildman–Crippen MR) is 246 cm³/mol. The van der Waals surface area contributed by atoms with Gasteiger partial charge in [0.1, 0.15) is 5.82 Å². The topological polar surface area (TPSA) is 35.9 Å². The predicted octanol–water partition coefficient (Wildman–Crippen LogP) is 13.2. The number of aromatic nitrogens is 4. The maximum absolute atomic E-state index is 9.12. The van der Waals surface area contributed by atoms with Gasteiger partial charge in [-0.15, -0.1) is 29.7 Å². The second-order valence-corrected chi connectivity index (χ2v) is 14.1. The second-order valence-electron chi connectivity index (χ2n) is 14.1. The van der Waals surface area contributed by atoms with Gasteiger partial charge in [-0.05, 0) is 80.7 Å². The van der Waals surface area contributed by atoms with Crippen molar-refractivity contribution in [3.05, 3.63) is 224 Å². The number of benzene rings is 8. The van der Waals surface area contributed by atoms with Crippen molar-refractivity contribution in [1.29, 1.82) is 0 Å². The van der Waals surface area contributed by atoms with Crippen LogP contribution in [0.25, 0.3) is 83.4 Å². The Bertz CT molecular complexity index is 3930. The molecule has 0 unspecified atom stereocenters. The number of para-hydroxylation sites is 2. The van der Waals surface area contributed by atoms with Crippen molar-refractivity contribution >= 4 is 32.8 Å². The van der Waals surface area contributed by atoms with Crippen molar-refractivity contribution in [3.63, 3.8) is 0 Å². The standard InChI is InChI=1S/C56H38N4O.Pt/c1-2-39-32-33-57-55(34-39)60-51-27-13-12-24-49(51)50-30-29-46(37-53(50)60)61-45-23-14-22-44(36-45)58-38-59(54-35-43(28-31-52(54)58)40-16-6-3-7-17-40)56-47(41-18-8-4-9-19-41)25-15-26-48(56)42-20-10-5-11-21-42;/h3-35H,2H2,1H3;/q-2;/i2D2,4D,5D,8D,9D,10D,11D,18D,19D,20D,21D;. The Morgan fingerprint density at radius 2 is 1.34 bits per heavy atom. The molecule has 300 valence electrons. The smallest absolute Gasteiger partial charge is 0.268 e. The third kappa shape index (κ3) is 7.01. The van der Waals surface area contributed by atoms with E-state index in [1.165, 1.54) is 6.92 Å². The Balaban J connectivity index is 0.00000626. The van der Waals surface area contributed by atoms with Crippen LogP contribution in [-0.4, -0.2) is 14.1 Å². The molecule has 0 amide bonds. The zero-order valence-corrected chi connectivity index (χ0v) is 35.1. The quantitative estimate of drug-likeness (QED) is 0.107. The third-order valence-corrected chi connectivity index (χ3v) is 10.6. The third-order valence-electron chi connectivity index (χ3n) is 10.6. The molecular formula is C56H38N4OPt-2. The fourth-order valence-corrected chi connectivity index (χ4v) is 7.83. The zero-order chi connectivity index (χ0) is 51.2. The van der Waals surface area contributed by atoms with Crippen LogP contribution in [0.15, 0.2) is 200 Å². The van der Waals surface area contributed by atoms with Gasteiger partial charge in [0, 0.05) is 47.0 Å². The van der Waals surface area contributed by atoms with Gasteiger partial charge in [-0.1, -0.05) is 152 Å². The minimum Gasteiger partial charge on any atom is -0.510 e. The van der Waals surface area contributed by atoms with Crippen molar-refractivity contribution in [2.45, 2.75) is 13.3 Å². The average Bonchev–Trinajstić information content (AvgIpc) is 3.95. The van der Waals surface area contributed by atoms with Crippen LogP contribution in [0.5, 0.6) is 11.5 Å². The van der Waals surface area contributed by atoms with Gasteiger partial charge in [0.05, 0.1) is 30.4 Å². The molecule has 0 N–H and O–H groups in total. The Hall–Kier alpha value is -7.33. The van der Waals surface area contributed by atoms with Crippen molar-refractivity contribution in [2.75, 3.05) is 0 Å². The first-order valence-electron chi connectivity index (χ1n) is 25.5. The summed E-state index contributed by atoms with van der Waals surface area (Å²) in [7, 11) is 0. The van der Waals surface area contributed by atoms with E-state index in [0.29, 0.717) is 45.1 Å². The molecule has 0 spiro atoms. The molecule has 0 aliphatic carbocycles. The van der Waals surface area contributed by atoms with Gasteiger partial charge in [0.2, 0.25) is 0 Å². The summed E-state index contributed by atoms with van der Waals surface area (Å²) in [6, 6.07) is 41.7. The fourth-order valence-electron chi connectivity index (χ4n) is 7.83. The summed E-state index contributed by atoms with van der Waals surface area (Å²) in [5.74, 6) is 1.17. The van der Waals surface area contributed by atoms with E-state index < -0.39 is 66.8 Å². The van der Waals surface area contributed by atoms with Crippen LogP contribution in [0.2, 0.25) is 0 Å². The van der Waals surface area contributed by atoms with Crippen molar-refractivity contribution in [2.24, 2.45) is 0 Å². The number of aryl methyl sites for hydroxylation is 1. The molecule has 0 saturated carbocycles. The molecule has 62 heavy (non-hydrogen) atoms. The van der Waals surface area contributed by atoms with E-state index in [1.54, 1.807) is 69.9 Å². The second kappa shape index (κ2) is 16.6. The molecular weight excluding hydrogens is 940 g/mol. The van der Waals surface area contributed by atoms with E-state index in [-0.39, 0.29) is 49.0 Å². The summed E-state index contributed by atoms with van der Waals surface area (Å²) in [6.45, 7) is 1.50. The van der Waals surface area contributed by atoms with Crippen LogP contribution < -0.4 is 9.30 Å². The maximum Gasteiger partial charge on any atom is 0.268 e. The van der Waals surface area contributed by atoms with Crippen molar-refractivity contribution in [3.8, 4) is 62.1 Å². The molecule has 3 heterocycles. The van der Waals surface area contributed by atoms with Crippen LogP contribution >= 0.6 is 0 Å². The summed E-state index contributed by atoms with van der Waals surface area (Å²) in [5, 5.41) is 1.83. The van der Waals surface area contributed by atoms with Crippen molar-refractivity contribution < 1.29 is 46.8 Å². The van der Waals surface area contributed by atoms with Gasteiger partial charge in [-0.2, -0.15) is 18.2 Å². The Kier molecular flexibility index (Phi) is 7.37. The number of rotatable bonds is 9. The van der Waals surface area contributed by atoms with Gasteiger partial charge >= 0.3 is 0 Å². The summed E-state index contributed by atoms with van der Waals surface area (Å²) in [5.41, 5.74) is 5.18. The molecule has 8 aromatic carbocycles. The molecule has 11 aromatic rings. The van der Waals surface area contributed by atoms with Gasteiger partial charge in [-0.25, -0.2) is 4.98 Å². The first-order valence-corrected chi connectivity index (χ1v) is 19.5. The summed E-state index contributed by atoms with van der Waals surface area (Å²) in [6.07, 6.45) is 3.43. The molecule has 0 bridgehead atoms. The SMILES string of the molecule is [2H]c1c([2H])c([2H])c(-c2cccc(-c3c([2H])c([2H])c([2H])c([2H])c3[2H])c2-[n+]2[c-]n(-c3[c-]c(Oc4[c-]c5c(cc4)c4ccccc4n5-c4cc(C([2H])([2H])C)ccn4)ccc3)c3ccc(-c4ccccc4)cc32)c([2H])c1[2H].[Pt]. The number of ether oxygens (including phenoxy) is 1. The minimum absolute atomic E-state index is 0. The van der Waals surface area contributed by atoms with Gasteiger partial charge < -0.3 is 13.9 Å². The number of nitrogens with zero attached hydrogens (tertiary/aromatic N) is 4. The number of hydrogen-bond acceptors (Lipinski definition) is 2. The van der Waals surface area contributed by atoms with E-state index in [0.717, 1.165) is 27.4 Å². The average molecular weight is 990 g/mol. The van der Waals surface area contributed by atoms with E-state index >= 15 is 0 Å². The molecule has 0 radical (unpaired) electrons. The van der Waals surface area contributed by atoms with Crippen LogP contribution in [0, 0.1) is 18.5 Å². The van der Waals surface area contributed by atoms with Crippen LogP contribution in [0.1, 0.15) is 28.9 Å². The normalized spacial score (nSPS) is 14.2. The van der Waals surface area contributed by atoms with E-state index in [2.05, 4.69) is 23.4 Å². The van der Waals surface area contributed by atoms with Crippen molar-refractivity contribution in [1.82, 2.24) is 14.1 Å². The minimum atomic E-state index is -1.61. The number of fused-ring (bicyclic) bond motifs is 4. The molecule has 0 aliphatic rings. The Labute approximate surface area is 391 Å². The zero-order valence-electron chi connectivity index (χ0n) is 44.8. The van der Waals surface area contributed by atoms with Gasteiger partial charge in [0.25, 0.3) is 6.33 Å². The van der Waals surface area contributed by atoms with Gasteiger partial charge in [0.15, 0.2) is 0 Å². The first-order chi connectivity index (χ1) is 35.0. The number of hydrogen-bond donors (Lipinski definition) is 0. The van der Waals surface area contributed by atoms with Gasteiger partial charge in [-0.3, -0.25) is 4.57 Å². The van der Waals surface area contributed by atoms with E-state index in [1.807, 2.05) is 83.4 Å². The molecule has 0 atom stereocenters. The number of pyridine rings is 1. The number of imidazole rings is 1. The maximum atomic E-state index is 9.12. The van der Waals surface area contributed by atoms with E-state index in [4.69, 9.17) is 21.2 Å². The van der Waals surface area contributed by atoms with Crippen LogP contribution in [0.3, 0.4) is 0 Å². The summed E-state index contributed by atoms with van der Waals surface area (Å²) in [4.78, 5) is 4.65. The van der Waals surface area contributed by atoms with Crippen LogP contribution in [0.4, 0.5) is 0 Å². The monoisotopic (exact) mass is 989 g/mol. The molecule has 5 nitrogen and oxygen atoms in total. The molecule has 6 heteroatoms. The Morgan fingerprint density at radius 3 is 2.10 bits per heavy atom. The molecule has 0 saturated heterocycles. The van der Waals surface area contributed by atoms with Crippen LogP contribution in [-0.2, 0) is 27.4 Å². The molecule has 0 fully saturated rings. The Morgan fingerprint density at radius 1 is 0.629 bits per heavy atom.